The van der Waals surface area contributed by atoms with Crippen LogP contribution in [0.4, 0.5) is 17.3 Å². The third-order valence-corrected chi connectivity index (χ3v) is 2.70. The van der Waals surface area contributed by atoms with E-state index in [9.17, 15) is 20.2 Å². The van der Waals surface area contributed by atoms with Crippen molar-refractivity contribution in [3.8, 4) is 0 Å². The molecule has 0 saturated carbocycles. The molecule has 0 fully saturated rings. The van der Waals surface area contributed by atoms with Crippen molar-refractivity contribution < 1.29 is 14.3 Å². The fourth-order valence-corrected chi connectivity index (χ4v) is 1.66. The van der Waals surface area contributed by atoms with Crippen molar-refractivity contribution in [2.75, 3.05) is 5.32 Å². The van der Waals surface area contributed by atoms with Crippen molar-refractivity contribution in [2.45, 2.75) is 13.5 Å². The zero-order chi connectivity index (χ0) is 14.7. The van der Waals surface area contributed by atoms with Gasteiger partial charge in [-0.2, -0.15) is 0 Å². The van der Waals surface area contributed by atoms with E-state index in [-0.39, 0.29) is 18.1 Å². The number of hydrogen-bond acceptors (Lipinski definition) is 6. The molecule has 2 rings (SSSR count). The predicted octanol–water partition coefficient (Wildman–Crippen LogP) is 3.02. The second-order valence-corrected chi connectivity index (χ2v) is 4.11. The van der Waals surface area contributed by atoms with Crippen LogP contribution in [0.25, 0.3) is 0 Å². The van der Waals surface area contributed by atoms with Crippen LogP contribution in [0.3, 0.4) is 0 Å². The van der Waals surface area contributed by atoms with Crippen molar-refractivity contribution in [3.05, 3.63) is 61.9 Å². The normalized spacial score (nSPS) is 10.2. The van der Waals surface area contributed by atoms with Crippen LogP contribution in [-0.4, -0.2) is 9.85 Å². The maximum atomic E-state index is 10.8. The molecule has 0 aliphatic heterocycles. The van der Waals surface area contributed by atoms with Crippen LogP contribution in [0.2, 0.25) is 0 Å². The average Bonchev–Trinajstić information content (AvgIpc) is 2.86. The zero-order valence-electron chi connectivity index (χ0n) is 10.5. The molecule has 0 radical (unpaired) electrons. The van der Waals surface area contributed by atoms with Gasteiger partial charge in [0.05, 0.1) is 17.5 Å². The van der Waals surface area contributed by atoms with Crippen molar-refractivity contribution >= 4 is 17.3 Å². The van der Waals surface area contributed by atoms with E-state index < -0.39 is 9.85 Å². The van der Waals surface area contributed by atoms with Gasteiger partial charge in [-0.1, -0.05) is 6.07 Å². The monoisotopic (exact) mass is 277 g/mol. The van der Waals surface area contributed by atoms with Crippen LogP contribution in [-0.2, 0) is 6.54 Å². The average molecular weight is 277 g/mol. The number of aryl methyl sites for hydroxylation is 1. The highest BCUT2D eigenvalue weighted by Crippen LogP contribution is 2.23. The van der Waals surface area contributed by atoms with E-state index in [1.54, 1.807) is 19.1 Å². The molecule has 0 spiro atoms. The first-order chi connectivity index (χ1) is 9.47. The molecule has 1 aromatic heterocycles. The van der Waals surface area contributed by atoms with Gasteiger partial charge in [0.25, 0.3) is 5.69 Å². The fraction of sp³-hybridized carbons (Fsp3) is 0.167. The van der Waals surface area contributed by atoms with Crippen LogP contribution in [0.1, 0.15) is 11.3 Å². The number of nitrogens with one attached hydrogen (secondary N) is 1. The Balaban J connectivity index is 2.08. The first kappa shape index (κ1) is 13.5. The summed E-state index contributed by atoms with van der Waals surface area (Å²) in [7, 11) is 0. The third-order valence-electron chi connectivity index (χ3n) is 2.70. The molecule has 1 N–H and O–H groups in total. The number of nitrogens with zero attached hydrogens (tertiary/aromatic N) is 2. The summed E-state index contributed by atoms with van der Waals surface area (Å²) in [4.78, 5) is 20.2. The second kappa shape index (κ2) is 5.39. The quantitative estimate of drug-likeness (QED) is 0.664. The number of nitro benzene ring substituents is 1. The van der Waals surface area contributed by atoms with Gasteiger partial charge in [0.2, 0.25) is 0 Å². The largest absolute Gasteiger partial charge is 0.433 e. The minimum atomic E-state index is -0.625. The minimum absolute atomic E-state index is 0.0143. The van der Waals surface area contributed by atoms with Crippen molar-refractivity contribution in [1.29, 1.82) is 0 Å². The summed E-state index contributed by atoms with van der Waals surface area (Å²) >= 11 is 0. The lowest BCUT2D eigenvalue weighted by molar-refractivity contribution is -0.402. The smallest absolute Gasteiger partial charge is 0.404 e. The molecular weight excluding hydrogens is 266 g/mol. The summed E-state index contributed by atoms with van der Waals surface area (Å²) in [6, 6.07) is 7.47. The Morgan fingerprint density at radius 1 is 1.15 bits per heavy atom. The van der Waals surface area contributed by atoms with Crippen LogP contribution < -0.4 is 5.32 Å². The number of furan rings is 1. The molecular formula is C12H11N3O5. The molecule has 0 aliphatic carbocycles. The van der Waals surface area contributed by atoms with E-state index >= 15 is 0 Å². The topological polar surface area (TPSA) is 111 Å². The maximum absolute atomic E-state index is 10.8. The highest BCUT2D eigenvalue weighted by molar-refractivity contribution is 5.54. The first-order valence-electron chi connectivity index (χ1n) is 5.69. The van der Waals surface area contributed by atoms with Crippen LogP contribution in [0.15, 0.2) is 34.7 Å². The van der Waals surface area contributed by atoms with Crippen molar-refractivity contribution in [1.82, 2.24) is 0 Å². The predicted molar refractivity (Wildman–Crippen MR) is 70.5 cm³/mol. The summed E-state index contributed by atoms with van der Waals surface area (Å²) < 4.78 is 4.97. The standard InChI is InChI=1S/C12H11N3O5/c1-8-2-3-9(6-11(8)14(16)17)13-7-10-4-5-12(20-10)15(18)19/h2-6,13H,7H2,1H3. The van der Waals surface area contributed by atoms with Gasteiger partial charge in [-0.25, -0.2) is 0 Å². The summed E-state index contributed by atoms with van der Waals surface area (Å²) in [5.41, 5.74) is 1.12. The zero-order valence-corrected chi connectivity index (χ0v) is 10.5. The highest BCUT2D eigenvalue weighted by atomic mass is 16.6. The van der Waals surface area contributed by atoms with Crippen molar-refractivity contribution in [3.63, 3.8) is 0 Å². The Bertz CT molecular complexity index is 665. The highest BCUT2D eigenvalue weighted by Gasteiger charge is 2.13. The number of rotatable bonds is 5. The van der Waals surface area contributed by atoms with E-state index in [1.807, 2.05) is 0 Å². The molecule has 0 amide bonds. The summed E-state index contributed by atoms with van der Waals surface area (Å²) in [6.45, 7) is 1.85. The van der Waals surface area contributed by atoms with Crippen LogP contribution in [0.5, 0.6) is 0 Å². The summed E-state index contributed by atoms with van der Waals surface area (Å²) in [5, 5.41) is 24.2. The van der Waals surface area contributed by atoms with Gasteiger partial charge < -0.3 is 9.73 Å². The van der Waals surface area contributed by atoms with Gasteiger partial charge in [0.15, 0.2) is 0 Å². The van der Waals surface area contributed by atoms with Gasteiger partial charge in [-0.05, 0) is 19.1 Å². The van der Waals surface area contributed by atoms with Crippen molar-refractivity contribution in [2.24, 2.45) is 0 Å². The molecule has 104 valence electrons. The van der Waals surface area contributed by atoms with E-state index in [4.69, 9.17) is 4.42 Å². The SMILES string of the molecule is Cc1ccc(NCc2ccc([N+](=O)[O-])o2)cc1[N+](=O)[O-]. The molecule has 0 aliphatic rings. The van der Waals surface area contributed by atoms with Gasteiger partial charge in [-0.15, -0.1) is 0 Å². The molecule has 0 bridgehead atoms. The lowest BCUT2D eigenvalue weighted by atomic mass is 10.2. The molecule has 0 unspecified atom stereocenters. The maximum Gasteiger partial charge on any atom is 0.433 e. The van der Waals surface area contributed by atoms with E-state index in [0.29, 0.717) is 17.0 Å². The molecule has 1 aromatic carbocycles. The molecule has 20 heavy (non-hydrogen) atoms. The molecule has 0 saturated heterocycles. The Kier molecular flexibility index (Phi) is 3.65. The fourth-order valence-electron chi connectivity index (χ4n) is 1.66. The Morgan fingerprint density at radius 2 is 1.90 bits per heavy atom. The van der Waals surface area contributed by atoms with E-state index in [1.165, 1.54) is 18.2 Å². The Labute approximate surface area is 113 Å². The molecule has 8 heteroatoms. The van der Waals surface area contributed by atoms with E-state index in [0.717, 1.165) is 0 Å². The molecule has 1 heterocycles. The number of benzene rings is 1. The van der Waals surface area contributed by atoms with E-state index in [2.05, 4.69) is 5.32 Å². The third kappa shape index (κ3) is 2.91. The minimum Gasteiger partial charge on any atom is -0.404 e. The second-order valence-electron chi connectivity index (χ2n) is 4.11. The van der Waals surface area contributed by atoms with Gasteiger partial charge in [-0.3, -0.25) is 20.2 Å². The lowest BCUT2D eigenvalue weighted by Gasteiger charge is -2.05. The first-order valence-corrected chi connectivity index (χ1v) is 5.69. The Morgan fingerprint density at radius 3 is 2.50 bits per heavy atom. The van der Waals surface area contributed by atoms with Crippen LogP contribution in [0, 0.1) is 27.2 Å². The molecule has 0 atom stereocenters. The number of hydrogen-bond donors (Lipinski definition) is 1. The van der Waals surface area contributed by atoms with Gasteiger partial charge in [0, 0.05) is 17.3 Å². The number of anilines is 1. The summed E-state index contributed by atoms with van der Waals surface area (Å²) in [6.07, 6.45) is 0. The molecule has 2 aromatic rings. The van der Waals surface area contributed by atoms with Gasteiger partial charge in [0.1, 0.15) is 10.7 Å². The summed E-state index contributed by atoms with van der Waals surface area (Å²) in [5.74, 6) is 0.0385. The lowest BCUT2D eigenvalue weighted by Crippen LogP contribution is -2.00. The number of nitro groups is 2. The Hall–Kier alpha value is -2.90. The van der Waals surface area contributed by atoms with Crippen LogP contribution >= 0.6 is 0 Å². The van der Waals surface area contributed by atoms with Gasteiger partial charge >= 0.3 is 5.88 Å². The molecule has 8 nitrogen and oxygen atoms in total.